The average molecular weight is 386 g/mol. The van der Waals surface area contributed by atoms with Gasteiger partial charge >= 0.3 is 0 Å². The van der Waals surface area contributed by atoms with Gasteiger partial charge in [0.1, 0.15) is 22.7 Å². The van der Waals surface area contributed by atoms with Crippen LogP contribution in [0.2, 0.25) is 0 Å². The monoisotopic (exact) mass is 386 g/mol. The Morgan fingerprint density at radius 3 is 2.78 bits per heavy atom. The second kappa shape index (κ2) is 7.84. The molecule has 1 fully saturated rings. The Balaban J connectivity index is 1.53. The SMILES string of the molecule is Cc1sc(C2CN(Cc3ccccc3)CCO2)nc1-c1ccc(F)cc1F. The fourth-order valence-electron chi connectivity index (χ4n) is 3.32. The van der Waals surface area contributed by atoms with E-state index in [-0.39, 0.29) is 6.10 Å². The van der Waals surface area contributed by atoms with E-state index in [0.29, 0.717) is 17.9 Å². The summed E-state index contributed by atoms with van der Waals surface area (Å²) in [4.78, 5) is 7.89. The number of nitrogens with zero attached hydrogens (tertiary/aromatic N) is 2. The Hall–Kier alpha value is -2.15. The Morgan fingerprint density at radius 1 is 1.19 bits per heavy atom. The number of aryl methyl sites for hydroxylation is 1. The van der Waals surface area contributed by atoms with Gasteiger partial charge in [0, 0.05) is 36.1 Å². The molecule has 0 N–H and O–H groups in total. The molecule has 140 valence electrons. The Bertz CT molecular complexity index is 929. The molecule has 3 nitrogen and oxygen atoms in total. The molecule has 1 aliphatic heterocycles. The van der Waals surface area contributed by atoms with E-state index >= 15 is 0 Å². The normalized spacial score (nSPS) is 18.0. The Labute approximate surface area is 161 Å². The third-order valence-corrected chi connectivity index (χ3v) is 5.74. The van der Waals surface area contributed by atoms with Crippen molar-refractivity contribution in [1.29, 1.82) is 0 Å². The van der Waals surface area contributed by atoms with Crippen LogP contribution in [0.1, 0.15) is 21.6 Å². The Kier molecular flexibility index (Phi) is 5.29. The number of benzene rings is 2. The Morgan fingerprint density at radius 2 is 2.00 bits per heavy atom. The summed E-state index contributed by atoms with van der Waals surface area (Å²) < 4.78 is 33.3. The summed E-state index contributed by atoms with van der Waals surface area (Å²) in [7, 11) is 0. The molecule has 27 heavy (non-hydrogen) atoms. The lowest BCUT2D eigenvalue weighted by Crippen LogP contribution is -2.37. The highest BCUT2D eigenvalue weighted by Gasteiger charge is 2.26. The molecule has 1 unspecified atom stereocenters. The molecule has 2 aromatic carbocycles. The van der Waals surface area contributed by atoms with Crippen molar-refractivity contribution >= 4 is 11.3 Å². The first-order chi connectivity index (χ1) is 13.1. The van der Waals surface area contributed by atoms with Gasteiger partial charge in [0.2, 0.25) is 0 Å². The summed E-state index contributed by atoms with van der Waals surface area (Å²) >= 11 is 1.51. The minimum atomic E-state index is -0.592. The number of aromatic nitrogens is 1. The smallest absolute Gasteiger partial charge is 0.135 e. The van der Waals surface area contributed by atoms with Crippen LogP contribution in [0.15, 0.2) is 48.5 Å². The van der Waals surface area contributed by atoms with Gasteiger partial charge < -0.3 is 4.74 Å². The highest BCUT2D eigenvalue weighted by atomic mass is 32.1. The summed E-state index contributed by atoms with van der Waals surface area (Å²) in [6.07, 6.45) is -0.136. The first-order valence-corrected chi connectivity index (χ1v) is 9.72. The maximum Gasteiger partial charge on any atom is 0.135 e. The third-order valence-electron chi connectivity index (χ3n) is 4.67. The molecule has 2 heterocycles. The van der Waals surface area contributed by atoms with Crippen LogP contribution in [-0.4, -0.2) is 29.6 Å². The lowest BCUT2D eigenvalue weighted by molar-refractivity contribution is -0.0329. The summed E-state index contributed by atoms with van der Waals surface area (Å²) in [6, 6.07) is 13.9. The summed E-state index contributed by atoms with van der Waals surface area (Å²) in [5.74, 6) is -1.18. The van der Waals surface area contributed by atoms with Crippen molar-refractivity contribution in [2.75, 3.05) is 19.7 Å². The van der Waals surface area contributed by atoms with E-state index in [4.69, 9.17) is 4.74 Å². The van der Waals surface area contributed by atoms with Crippen LogP contribution in [0.5, 0.6) is 0 Å². The highest BCUT2D eigenvalue weighted by molar-refractivity contribution is 7.12. The van der Waals surface area contributed by atoms with Crippen LogP contribution >= 0.6 is 11.3 Å². The summed E-state index contributed by atoms with van der Waals surface area (Å²) in [6.45, 7) is 5.02. The molecule has 1 saturated heterocycles. The van der Waals surface area contributed by atoms with Gasteiger partial charge in [-0.2, -0.15) is 0 Å². The van der Waals surface area contributed by atoms with E-state index in [2.05, 4.69) is 22.0 Å². The second-order valence-electron chi connectivity index (χ2n) is 6.66. The minimum absolute atomic E-state index is 0.136. The van der Waals surface area contributed by atoms with Crippen molar-refractivity contribution in [3.8, 4) is 11.3 Å². The van der Waals surface area contributed by atoms with E-state index in [0.717, 1.165) is 35.6 Å². The van der Waals surface area contributed by atoms with Crippen LogP contribution in [-0.2, 0) is 11.3 Å². The lowest BCUT2D eigenvalue weighted by atomic mass is 10.1. The topological polar surface area (TPSA) is 25.4 Å². The molecule has 0 bridgehead atoms. The number of hydrogen-bond donors (Lipinski definition) is 0. The molecule has 0 radical (unpaired) electrons. The van der Waals surface area contributed by atoms with E-state index < -0.39 is 11.6 Å². The first kappa shape index (κ1) is 18.2. The quantitative estimate of drug-likeness (QED) is 0.633. The molecule has 0 amide bonds. The van der Waals surface area contributed by atoms with Gasteiger partial charge in [0.05, 0.1) is 12.3 Å². The predicted octanol–water partition coefficient (Wildman–Crippen LogP) is 4.97. The van der Waals surface area contributed by atoms with Crippen molar-refractivity contribution in [1.82, 2.24) is 9.88 Å². The molecule has 3 aromatic rings. The highest BCUT2D eigenvalue weighted by Crippen LogP contribution is 2.34. The van der Waals surface area contributed by atoms with E-state index in [1.54, 1.807) is 0 Å². The van der Waals surface area contributed by atoms with Gasteiger partial charge in [-0.1, -0.05) is 30.3 Å². The number of morpholine rings is 1. The molecular formula is C21H20F2N2OS. The molecule has 1 atom stereocenters. The molecular weight excluding hydrogens is 366 g/mol. The number of hydrogen-bond acceptors (Lipinski definition) is 4. The van der Waals surface area contributed by atoms with Crippen LogP contribution in [0.4, 0.5) is 8.78 Å². The first-order valence-electron chi connectivity index (χ1n) is 8.91. The van der Waals surface area contributed by atoms with Crippen LogP contribution in [0.3, 0.4) is 0 Å². The number of halogens is 2. The fourth-order valence-corrected chi connectivity index (χ4v) is 4.30. The van der Waals surface area contributed by atoms with Crippen molar-refractivity contribution in [2.24, 2.45) is 0 Å². The van der Waals surface area contributed by atoms with Crippen LogP contribution in [0, 0.1) is 18.6 Å². The van der Waals surface area contributed by atoms with Crippen molar-refractivity contribution in [3.05, 3.63) is 75.6 Å². The maximum absolute atomic E-state index is 14.2. The van der Waals surface area contributed by atoms with Crippen LogP contribution < -0.4 is 0 Å². The van der Waals surface area contributed by atoms with Gasteiger partial charge in [-0.3, -0.25) is 4.90 Å². The molecule has 6 heteroatoms. The zero-order valence-electron chi connectivity index (χ0n) is 15.0. The van der Waals surface area contributed by atoms with E-state index in [1.807, 2.05) is 25.1 Å². The zero-order chi connectivity index (χ0) is 18.8. The summed E-state index contributed by atoms with van der Waals surface area (Å²) in [5, 5.41) is 0.837. The minimum Gasteiger partial charge on any atom is -0.368 e. The molecule has 1 aliphatic rings. The average Bonchev–Trinajstić information content (AvgIpc) is 3.04. The van der Waals surface area contributed by atoms with E-state index in [1.165, 1.54) is 29.0 Å². The molecule has 0 spiro atoms. The predicted molar refractivity (Wildman–Crippen MR) is 103 cm³/mol. The number of rotatable bonds is 4. The lowest BCUT2D eigenvalue weighted by Gasteiger charge is -2.32. The molecule has 0 saturated carbocycles. The van der Waals surface area contributed by atoms with Crippen LogP contribution in [0.25, 0.3) is 11.3 Å². The summed E-state index contributed by atoms with van der Waals surface area (Å²) in [5.41, 5.74) is 2.16. The van der Waals surface area contributed by atoms with Gasteiger partial charge in [0.25, 0.3) is 0 Å². The molecule has 1 aromatic heterocycles. The standard InChI is InChI=1S/C21H20F2N2OS/c1-14-20(17-8-7-16(22)11-18(17)23)24-21(27-14)19-13-25(9-10-26-19)12-15-5-3-2-4-6-15/h2-8,11,19H,9-10,12-13H2,1H3. The van der Waals surface area contributed by atoms with Gasteiger partial charge in [-0.25, -0.2) is 13.8 Å². The molecule has 0 aliphatic carbocycles. The fraction of sp³-hybridized carbons (Fsp3) is 0.286. The zero-order valence-corrected chi connectivity index (χ0v) is 15.8. The van der Waals surface area contributed by atoms with E-state index in [9.17, 15) is 8.78 Å². The van der Waals surface area contributed by atoms with Crippen molar-refractivity contribution < 1.29 is 13.5 Å². The largest absolute Gasteiger partial charge is 0.368 e. The van der Waals surface area contributed by atoms with Gasteiger partial charge in [-0.05, 0) is 24.6 Å². The molecule has 4 rings (SSSR count). The second-order valence-corrected chi connectivity index (χ2v) is 7.90. The van der Waals surface area contributed by atoms with Gasteiger partial charge in [-0.15, -0.1) is 11.3 Å². The van der Waals surface area contributed by atoms with Crippen molar-refractivity contribution in [2.45, 2.75) is 19.6 Å². The number of ether oxygens (including phenoxy) is 1. The maximum atomic E-state index is 14.2. The van der Waals surface area contributed by atoms with Gasteiger partial charge in [0.15, 0.2) is 0 Å². The van der Waals surface area contributed by atoms with Crippen molar-refractivity contribution in [3.63, 3.8) is 0 Å². The third kappa shape index (κ3) is 4.08. The number of thiazole rings is 1.